The number of amides is 2. The van der Waals surface area contributed by atoms with Crippen molar-refractivity contribution in [1.29, 1.82) is 0 Å². The lowest BCUT2D eigenvalue weighted by Crippen LogP contribution is -2.27. The van der Waals surface area contributed by atoms with E-state index in [1.165, 1.54) is 31.4 Å². The van der Waals surface area contributed by atoms with Gasteiger partial charge in [0.25, 0.3) is 11.1 Å². The molecule has 3 aromatic carbocycles. The van der Waals surface area contributed by atoms with Gasteiger partial charge in [0.2, 0.25) is 0 Å². The summed E-state index contributed by atoms with van der Waals surface area (Å²) in [6.45, 7) is 0.279. The zero-order valence-electron chi connectivity index (χ0n) is 16.9. The fraction of sp³-hybridized carbons (Fsp3) is 0.0833. The molecule has 1 N–H and O–H groups in total. The highest BCUT2D eigenvalue weighted by Gasteiger charge is 2.36. The molecule has 0 radical (unpaired) electrons. The predicted molar refractivity (Wildman–Crippen MR) is 125 cm³/mol. The number of hydrogen-bond donors (Lipinski definition) is 1. The van der Waals surface area contributed by atoms with E-state index in [0.717, 1.165) is 22.2 Å². The molecule has 1 fully saturated rings. The number of benzene rings is 3. The Balaban J connectivity index is 1.53. The second-order valence-corrected chi connectivity index (χ2v) is 8.22. The third-order valence-electron chi connectivity index (χ3n) is 4.73. The average Bonchev–Trinajstić information content (AvgIpc) is 3.07. The first-order valence-electron chi connectivity index (χ1n) is 9.57. The Labute approximate surface area is 194 Å². The highest BCUT2D eigenvalue weighted by atomic mass is 35.5. The van der Waals surface area contributed by atoms with Crippen molar-refractivity contribution in [2.45, 2.75) is 6.61 Å². The Bertz CT molecular complexity index is 1210. The topological polar surface area (TPSA) is 76.1 Å². The first-order chi connectivity index (χ1) is 15.5. The van der Waals surface area contributed by atoms with Crippen molar-refractivity contribution in [2.24, 2.45) is 0 Å². The Hall–Kier alpha value is -3.42. The lowest BCUT2D eigenvalue weighted by Gasteiger charge is -2.13. The molecule has 0 bridgehead atoms. The number of carbonyl (C=O) groups excluding carboxylic acids is 2. The van der Waals surface area contributed by atoms with Gasteiger partial charge < -0.3 is 14.6 Å². The molecule has 8 heteroatoms. The number of nitrogens with zero attached hydrogens (tertiary/aromatic N) is 1. The number of rotatable bonds is 6. The fourth-order valence-corrected chi connectivity index (χ4v) is 4.14. The summed E-state index contributed by atoms with van der Waals surface area (Å²) in [7, 11) is 1.53. The smallest absolute Gasteiger partial charge is 0.298 e. The number of halogens is 1. The van der Waals surface area contributed by atoms with Crippen LogP contribution in [0.1, 0.15) is 11.1 Å². The molecule has 0 atom stereocenters. The second-order valence-electron chi connectivity index (χ2n) is 6.82. The maximum atomic E-state index is 12.8. The molecule has 1 aliphatic rings. The number of carbonyl (C=O) groups is 2. The normalized spacial score (nSPS) is 14.8. The Morgan fingerprint density at radius 1 is 1.03 bits per heavy atom. The van der Waals surface area contributed by atoms with Gasteiger partial charge in [0.05, 0.1) is 17.7 Å². The molecule has 0 saturated carbocycles. The lowest BCUT2D eigenvalue weighted by atomic mass is 10.1. The number of hydrogen-bond acceptors (Lipinski definition) is 6. The molecule has 0 spiro atoms. The largest absolute Gasteiger partial charge is 0.508 e. The second kappa shape index (κ2) is 9.38. The minimum atomic E-state index is -0.427. The molecule has 4 rings (SSSR count). The third-order valence-corrected chi connectivity index (χ3v) is 5.97. The molecule has 0 aromatic heterocycles. The number of methoxy groups -OCH3 is 1. The molecule has 162 valence electrons. The summed E-state index contributed by atoms with van der Waals surface area (Å²) in [6.07, 6.45) is 1.63. The molecule has 2 amide bonds. The van der Waals surface area contributed by atoms with E-state index in [2.05, 4.69) is 0 Å². The summed E-state index contributed by atoms with van der Waals surface area (Å²) < 4.78 is 11.3. The molecule has 1 aliphatic heterocycles. The lowest BCUT2D eigenvalue weighted by molar-refractivity contribution is -0.113. The molecular weight excluding hydrogens is 450 g/mol. The zero-order chi connectivity index (χ0) is 22.7. The van der Waals surface area contributed by atoms with E-state index in [9.17, 15) is 14.7 Å². The fourth-order valence-electron chi connectivity index (χ4n) is 3.11. The maximum Gasteiger partial charge on any atom is 0.298 e. The maximum absolute atomic E-state index is 12.8. The van der Waals surface area contributed by atoms with E-state index in [1.54, 1.807) is 30.3 Å². The summed E-state index contributed by atoms with van der Waals surface area (Å²) in [6, 6.07) is 18.6. The van der Waals surface area contributed by atoms with Crippen molar-refractivity contribution < 1.29 is 24.2 Å². The Kier molecular flexibility index (Phi) is 6.39. The van der Waals surface area contributed by atoms with Crippen molar-refractivity contribution >= 4 is 46.3 Å². The van der Waals surface area contributed by atoms with Gasteiger partial charge in [0.1, 0.15) is 12.4 Å². The van der Waals surface area contributed by atoms with Gasteiger partial charge in [-0.1, -0.05) is 35.9 Å². The SMILES string of the molecule is COc1cc(/C=C2\SC(=O)N(c3ccc(O)cc3)C2=O)ccc1OCc1ccccc1Cl. The predicted octanol–water partition coefficient (Wildman–Crippen LogP) is 5.87. The van der Waals surface area contributed by atoms with E-state index in [0.29, 0.717) is 27.8 Å². The van der Waals surface area contributed by atoms with Crippen LogP contribution in [-0.2, 0) is 11.4 Å². The number of imide groups is 1. The molecule has 6 nitrogen and oxygen atoms in total. The summed E-state index contributed by atoms with van der Waals surface area (Å²) >= 11 is 7.03. The number of anilines is 1. The van der Waals surface area contributed by atoms with Crippen LogP contribution in [0.2, 0.25) is 5.02 Å². The Morgan fingerprint density at radius 3 is 2.50 bits per heavy atom. The number of aromatic hydroxyl groups is 1. The number of ether oxygens (including phenoxy) is 2. The van der Waals surface area contributed by atoms with Gasteiger partial charge in [-0.2, -0.15) is 0 Å². The van der Waals surface area contributed by atoms with Gasteiger partial charge in [-0.05, 0) is 65.9 Å². The highest BCUT2D eigenvalue weighted by molar-refractivity contribution is 8.19. The van der Waals surface area contributed by atoms with Gasteiger partial charge in [0, 0.05) is 10.6 Å². The van der Waals surface area contributed by atoms with E-state index in [1.807, 2.05) is 18.2 Å². The van der Waals surface area contributed by atoms with Crippen LogP contribution in [0.25, 0.3) is 6.08 Å². The summed E-state index contributed by atoms with van der Waals surface area (Å²) in [5, 5.41) is 9.65. The molecule has 3 aromatic rings. The van der Waals surface area contributed by atoms with Crippen LogP contribution in [-0.4, -0.2) is 23.4 Å². The van der Waals surface area contributed by atoms with Crippen LogP contribution in [0.15, 0.2) is 71.6 Å². The van der Waals surface area contributed by atoms with Crippen molar-refractivity contribution in [3.05, 3.63) is 87.8 Å². The van der Waals surface area contributed by atoms with Crippen LogP contribution in [0.5, 0.6) is 17.2 Å². The Morgan fingerprint density at radius 2 is 1.78 bits per heavy atom. The number of phenolic OH excluding ortho intramolecular Hbond substituents is 1. The molecule has 0 aliphatic carbocycles. The molecule has 32 heavy (non-hydrogen) atoms. The van der Waals surface area contributed by atoms with Crippen molar-refractivity contribution in [1.82, 2.24) is 0 Å². The van der Waals surface area contributed by atoms with E-state index < -0.39 is 11.1 Å². The van der Waals surface area contributed by atoms with Crippen LogP contribution >= 0.6 is 23.4 Å². The minimum Gasteiger partial charge on any atom is -0.508 e. The number of phenols is 1. The van der Waals surface area contributed by atoms with E-state index >= 15 is 0 Å². The van der Waals surface area contributed by atoms with Gasteiger partial charge >= 0.3 is 0 Å². The van der Waals surface area contributed by atoms with Gasteiger partial charge in [-0.25, -0.2) is 4.90 Å². The van der Waals surface area contributed by atoms with Crippen molar-refractivity contribution in [2.75, 3.05) is 12.0 Å². The average molecular weight is 468 g/mol. The quantitative estimate of drug-likeness (QED) is 0.456. The molecule has 0 unspecified atom stereocenters. The standard InChI is InChI=1S/C24H18ClNO5S/c1-30-21-12-15(6-11-20(21)31-14-16-4-2-3-5-19(16)25)13-22-23(28)26(24(29)32-22)17-7-9-18(27)10-8-17/h2-13,27H,14H2,1H3/b22-13-. The van der Waals surface area contributed by atoms with Crippen LogP contribution in [0.3, 0.4) is 0 Å². The van der Waals surface area contributed by atoms with Crippen molar-refractivity contribution in [3.8, 4) is 17.2 Å². The summed E-state index contributed by atoms with van der Waals surface area (Å²) in [4.78, 5) is 26.6. The third kappa shape index (κ3) is 4.59. The highest BCUT2D eigenvalue weighted by Crippen LogP contribution is 2.37. The van der Waals surface area contributed by atoms with Crippen LogP contribution in [0.4, 0.5) is 10.5 Å². The van der Waals surface area contributed by atoms with Crippen molar-refractivity contribution in [3.63, 3.8) is 0 Å². The van der Waals surface area contributed by atoms with Crippen LogP contribution in [0, 0.1) is 0 Å². The minimum absolute atomic E-state index is 0.0557. The van der Waals surface area contributed by atoms with Crippen LogP contribution < -0.4 is 14.4 Å². The van der Waals surface area contributed by atoms with Gasteiger partial charge in [0.15, 0.2) is 11.5 Å². The number of thioether (sulfide) groups is 1. The zero-order valence-corrected chi connectivity index (χ0v) is 18.5. The first kappa shape index (κ1) is 21.8. The van der Waals surface area contributed by atoms with Gasteiger partial charge in [-0.15, -0.1) is 0 Å². The summed E-state index contributed by atoms with van der Waals surface area (Å²) in [5.41, 5.74) is 1.93. The molecule has 1 saturated heterocycles. The first-order valence-corrected chi connectivity index (χ1v) is 10.8. The molecule has 1 heterocycles. The monoisotopic (exact) mass is 467 g/mol. The summed E-state index contributed by atoms with van der Waals surface area (Å²) in [5.74, 6) is 0.647. The molecular formula is C24H18ClNO5S. The van der Waals surface area contributed by atoms with E-state index in [-0.39, 0.29) is 17.3 Å². The van der Waals surface area contributed by atoms with E-state index in [4.69, 9.17) is 21.1 Å². The van der Waals surface area contributed by atoms with Gasteiger partial charge in [-0.3, -0.25) is 9.59 Å².